The van der Waals surface area contributed by atoms with Crippen LogP contribution >= 0.6 is 0 Å². The number of benzene rings is 3. The number of hydrogen-bond donors (Lipinski definition) is 2. The minimum Gasteiger partial charge on any atom is -0.493 e. The van der Waals surface area contributed by atoms with Crippen molar-refractivity contribution in [2.24, 2.45) is 11.8 Å². The zero-order valence-corrected chi connectivity index (χ0v) is 18.8. The van der Waals surface area contributed by atoms with Gasteiger partial charge in [0, 0.05) is 23.7 Å². The van der Waals surface area contributed by atoms with Crippen LogP contribution in [0.25, 0.3) is 0 Å². The first-order chi connectivity index (χ1) is 16.0. The summed E-state index contributed by atoms with van der Waals surface area (Å²) >= 11 is 0. The van der Waals surface area contributed by atoms with Crippen molar-refractivity contribution in [1.82, 2.24) is 5.32 Å². The molecular weight excluding hydrogens is 416 g/mol. The third-order valence-electron chi connectivity index (χ3n) is 5.78. The van der Waals surface area contributed by atoms with Gasteiger partial charge in [0.1, 0.15) is 6.61 Å². The van der Waals surface area contributed by atoms with Gasteiger partial charge in [-0.15, -0.1) is 0 Å². The Morgan fingerprint density at radius 2 is 1.67 bits per heavy atom. The van der Waals surface area contributed by atoms with Gasteiger partial charge in [0.2, 0.25) is 5.91 Å². The summed E-state index contributed by atoms with van der Waals surface area (Å²) in [4.78, 5) is 24.6. The van der Waals surface area contributed by atoms with Crippen molar-refractivity contribution >= 4 is 17.5 Å². The number of anilines is 1. The maximum Gasteiger partial charge on any atom is 0.251 e. The molecule has 3 aromatic carbocycles. The Labute approximate surface area is 193 Å². The third-order valence-corrected chi connectivity index (χ3v) is 5.78. The Balaban J connectivity index is 1.30. The fraction of sp³-hybridized carbons (Fsp3) is 0.259. The van der Waals surface area contributed by atoms with E-state index < -0.39 is 0 Å². The highest BCUT2D eigenvalue weighted by Crippen LogP contribution is 2.38. The van der Waals surface area contributed by atoms with Crippen molar-refractivity contribution in [3.8, 4) is 11.5 Å². The number of nitrogens with one attached hydrogen (secondary N) is 2. The number of amides is 2. The van der Waals surface area contributed by atoms with Crippen molar-refractivity contribution in [3.63, 3.8) is 0 Å². The van der Waals surface area contributed by atoms with Crippen LogP contribution in [0.1, 0.15) is 34.8 Å². The van der Waals surface area contributed by atoms with Crippen LogP contribution < -0.4 is 20.1 Å². The van der Waals surface area contributed by atoms with Gasteiger partial charge in [-0.3, -0.25) is 9.59 Å². The molecule has 1 fully saturated rings. The Morgan fingerprint density at radius 3 is 2.33 bits per heavy atom. The molecule has 1 saturated carbocycles. The first kappa shape index (κ1) is 22.4. The number of carbonyl (C=O) groups is 2. The molecule has 0 aromatic heterocycles. The molecule has 0 spiro atoms. The van der Waals surface area contributed by atoms with E-state index in [0.717, 1.165) is 17.5 Å². The second-order valence-corrected chi connectivity index (χ2v) is 8.33. The second-order valence-electron chi connectivity index (χ2n) is 8.33. The lowest BCUT2D eigenvalue weighted by molar-refractivity contribution is -0.117. The number of ether oxygens (including phenoxy) is 2. The molecule has 170 valence electrons. The lowest BCUT2D eigenvalue weighted by Crippen LogP contribution is -2.22. The highest BCUT2D eigenvalue weighted by atomic mass is 16.5. The Morgan fingerprint density at radius 1 is 0.939 bits per heavy atom. The smallest absolute Gasteiger partial charge is 0.251 e. The van der Waals surface area contributed by atoms with Crippen LogP contribution in [0.5, 0.6) is 11.5 Å². The topological polar surface area (TPSA) is 76.7 Å². The van der Waals surface area contributed by atoms with E-state index in [2.05, 4.69) is 17.6 Å². The summed E-state index contributed by atoms with van der Waals surface area (Å²) in [6, 6.07) is 22.5. The van der Waals surface area contributed by atoms with E-state index in [1.54, 1.807) is 31.4 Å². The van der Waals surface area contributed by atoms with E-state index in [4.69, 9.17) is 9.47 Å². The van der Waals surface area contributed by atoms with Crippen molar-refractivity contribution in [2.45, 2.75) is 26.5 Å². The van der Waals surface area contributed by atoms with Gasteiger partial charge in [-0.2, -0.15) is 0 Å². The van der Waals surface area contributed by atoms with Gasteiger partial charge in [-0.1, -0.05) is 43.3 Å². The summed E-state index contributed by atoms with van der Waals surface area (Å²) in [6.07, 6.45) is 0.942. The van der Waals surface area contributed by atoms with Gasteiger partial charge in [0.05, 0.1) is 7.11 Å². The number of methoxy groups -OCH3 is 1. The summed E-state index contributed by atoms with van der Waals surface area (Å²) < 4.78 is 11.4. The van der Waals surface area contributed by atoms with E-state index in [1.165, 1.54) is 0 Å². The number of carbonyl (C=O) groups excluding carboxylic acids is 2. The van der Waals surface area contributed by atoms with Crippen LogP contribution in [0, 0.1) is 11.8 Å². The molecule has 1 aliphatic carbocycles. The highest BCUT2D eigenvalue weighted by Gasteiger charge is 2.39. The molecule has 0 aliphatic heterocycles. The fourth-order valence-corrected chi connectivity index (χ4v) is 3.59. The van der Waals surface area contributed by atoms with Crippen molar-refractivity contribution in [2.75, 3.05) is 12.4 Å². The Hall–Kier alpha value is -3.80. The molecule has 0 radical (unpaired) electrons. The van der Waals surface area contributed by atoms with E-state index in [0.29, 0.717) is 41.8 Å². The highest BCUT2D eigenvalue weighted by molar-refractivity contribution is 5.97. The van der Waals surface area contributed by atoms with Gasteiger partial charge in [-0.25, -0.2) is 0 Å². The summed E-state index contributed by atoms with van der Waals surface area (Å²) in [6.45, 7) is 2.87. The lowest BCUT2D eigenvalue weighted by Gasteiger charge is -2.13. The summed E-state index contributed by atoms with van der Waals surface area (Å²) in [5.74, 6) is 1.69. The van der Waals surface area contributed by atoms with Crippen LogP contribution in [-0.2, 0) is 17.9 Å². The quantitative estimate of drug-likeness (QED) is 0.497. The van der Waals surface area contributed by atoms with Gasteiger partial charge < -0.3 is 20.1 Å². The Kier molecular flexibility index (Phi) is 6.93. The summed E-state index contributed by atoms with van der Waals surface area (Å²) in [5, 5.41) is 5.82. The maximum atomic E-state index is 12.5. The van der Waals surface area contributed by atoms with Gasteiger partial charge >= 0.3 is 0 Å². The zero-order valence-electron chi connectivity index (χ0n) is 18.8. The predicted molar refractivity (Wildman–Crippen MR) is 127 cm³/mol. The van der Waals surface area contributed by atoms with Gasteiger partial charge in [0.15, 0.2) is 11.5 Å². The van der Waals surface area contributed by atoms with Crippen LogP contribution in [0.2, 0.25) is 0 Å². The molecule has 1 aliphatic rings. The third kappa shape index (κ3) is 5.92. The molecular formula is C27H28N2O4. The van der Waals surface area contributed by atoms with E-state index in [9.17, 15) is 9.59 Å². The molecule has 2 unspecified atom stereocenters. The maximum absolute atomic E-state index is 12.5. The molecule has 4 rings (SSSR count). The Bertz CT molecular complexity index is 1110. The predicted octanol–water partition coefficient (Wildman–Crippen LogP) is 4.80. The number of hydrogen-bond acceptors (Lipinski definition) is 4. The normalized spacial score (nSPS) is 16.5. The molecule has 0 saturated heterocycles. The minimum absolute atomic E-state index is 0.0462. The lowest BCUT2D eigenvalue weighted by atomic mass is 10.1. The van der Waals surface area contributed by atoms with Gasteiger partial charge in [-0.05, 0) is 59.9 Å². The average molecular weight is 445 g/mol. The van der Waals surface area contributed by atoms with Crippen LogP contribution in [-0.4, -0.2) is 18.9 Å². The van der Waals surface area contributed by atoms with Crippen molar-refractivity contribution < 1.29 is 19.1 Å². The molecule has 6 heteroatoms. The standard InChI is InChI=1S/C27H28N2O4/c1-18-14-23(18)27(31)29-22-11-9-21(10-12-22)26(30)28-16-20-8-13-24(25(15-20)32-2)33-17-19-6-4-3-5-7-19/h3-13,15,18,23H,14,16-17H2,1-2H3,(H,28,30)(H,29,31). The molecule has 0 heterocycles. The SMILES string of the molecule is COc1cc(CNC(=O)c2ccc(NC(=O)C3CC3C)cc2)ccc1OCc1ccccc1. The molecule has 2 amide bonds. The van der Waals surface area contributed by atoms with E-state index in [1.807, 2.05) is 48.5 Å². The second kappa shape index (κ2) is 10.2. The number of rotatable bonds is 9. The first-order valence-corrected chi connectivity index (χ1v) is 11.1. The molecule has 3 aromatic rings. The van der Waals surface area contributed by atoms with Crippen LogP contribution in [0.3, 0.4) is 0 Å². The van der Waals surface area contributed by atoms with Crippen LogP contribution in [0.4, 0.5) is 5.69 Å². The van der Waals surface area contributed by atoms with Crippen molar-refractivity contribution in [3.05, 3.63) is 89.5 Å². The van der Waals surface area contributed by atoms with Crippen LogP contribution in [0.15, 0.2) is 72.8 Å². The first-order valence-electron chi connectivity index (χ1n) is 11.1. The van der Waals surface area contributed by atoms with E-state index in [-0.39, 0.29) is 17.7 Å². The molecule has 2 atom stereocenters. The molecule has 2 N–H and O–H groups in total. The van der Waals surface area contributed by atoms with Crippen molar-refractivity contribution in [1.29, 1.82) is 0 Å². The molecule has 0 bridgehead atoms. The zero-order chi connectivity index (χ0) is 23.2. The molecule has 6 nitrogen and oxygen atoms in total. The monoisotopic (exact) mass is 444 g/mol. The van der Waals surface area contributed by atoms with E-state index >= 15 is 0 Å². The molecule has 33 heavy (non-hydrogen) atoms. The fourth-order valence-electron chi connectivity index (χ4n) is 3.59. The summed E-state index contributed by atoms with van der Waals surface area (Å²) in [5.41, 5.74) is 3.20. The minimum atomic E-state index is -0.188. The average Bonchev–Trinajstić information content (AvgIpc) is 3.59. The summed E-state index contributed by atoms with van der Waals surface area (Å²) in [7, 11) is 1.59. The largest absolute Gasteiger partial charge is 0.493 e. The van der Waals surface area contributed by atoms with Gasteiger partial charge in [0.25, 0.3) is 5.91 Å².